The predicted octanol–water partition coefficient (Wildman–Crippen LogP) is 3.99. The molecule has 0 atom stereocenters. The van der Waals surface area contributed by atoms with Gasteiger partial charge in [0.15, 0.2) is 11.5 Å². The van der Waals surface area contributed by atoms with Crippen molar-refractivity contribution in [3.05, 3.63) is 94.7 Å². The molecule has 2 aromatic carbocycles. The Kier molecular flexibility index (Phi) is 8.26. The molecule has 0 bridgehead atoms. The Hall–Kier alpha value is -5.16. The van der Waals surface area contributed by atoms with Gasteiger partial charge in [0, 0.05) is 12.4 Å². The van der Waals surface area contributed by atoms with Crippen LogP contribution in [0.2, 0.25) is 0 Å². The maximum Gasteiger partial charge on any atom is 0.417 e. The van der Waals surface area contributed by atoms with E-state index in [2.05, 4.69) is 0 Å². The monoisotopic (exact) mass is 586 g/mol. The quantitative estimate of drug-likeness (QED) is 0.127. The van der Waals surface area contributed by atoms with Crippen molar-refractivity contribution in [3.63, 3.8) is 0 Å². The lowest BCUT2D eigenvalue weighted by Crippen LogP contribution is -2.26. The van der Waals surface area contributed by atoms with Crippen LogP contribution in [-0.4, -0.2) is 22.2 Å². The summed E-state index contributed by atoms with van der Waals surface area (Å²) in [5.41, 5.74) is 6.07. The predicted molar refractivity (Wildman–Crippen MR) is 133 cm³/mol. The fourth-order valence-electron chi connectivity index (χ4n) is 3.45. The molecule has 0 unspecified atom stereocenters. The third kappa shape index (κ3) is 6.89. The second-order valence-electron chi connectivity index (χ2n) is 8.21. The summed E-state index contributed by atoms with van der Waals surface area (Å²) < 4.78 is 85.3. The number of carboxylic acids is 2. The molecule has 0 aliphatic heterocycles. The fraction of sp³-hybridized carbons (Fsp3) is 0.0833. The molecule has 218 valence electrons. The summed E-state index contributed by atoms with van der Waals surface area (Å²) >= 11 is 0. The van der Waals surface area contributed by atoms with Gasteiger partial charge in [0.1, 0.15) is 0 Å². The zero-order valence-corrected chi connectivity index (χ0v) is 20.4. The second kappa shape index (κ2) is 11.1. The highest BCUT2D eigenvalue weighted by molar-refractivity contribution is 5.91. The van der Waals surface area contributed by atoms with Crippen molar-refractivity contribution in [2.45, 2.75) is 12.4 Å². The molecule has 17 heteroatoms. The van der Waals surface area contributed by atoms with Gasteiger partial charge in [0.2, 0.25) is 0 Å². The topological polar surface area (TPSA) is 198 Å². The van der Waals surface area contributed by atoms with Gasteiger partial charge in [0.25, 0.3) is 0 Å². The second-order valence-corrected chi connectivity index (χ2v) is 8.21. The van der Waals surface area contributed by atoms with E-state index in [4.69, 9.17) is 37.8 Å². The van der Waals surface area contributed by atoms with Gasteiger partial charge >= 0.3 is 24.3 Å². The third-order valence-corrected chi connectivity index (χ3v) is 5.41. The lowest BCUT2D eigenvalue weighted by molar-refractivity contribution is -0.138. The normalized spacial score (nSPS) is 12.8. The Morgan fingerprint density at radius 1 is 0.683 bits per heavy atom. The highest BCUT2D eigenvalue weighted by Crippen LogP contribution is 2.36. The molecule has 3 rings (SSSR count). The Balaban J connectivity index is 1.85. The summed E-state index contributed by atoms with van der Waals surface area (Å²) in [5.74, 6) is 7.86. The molecule has 0 fully saturated rings. The zero-order chi connectivity index (χ0) is 30.9. The molecule has 0 aliphatic carbocycles. The first-order valence-electron chi connectivity index (χ1n) is 10.9. The molecule has 0 saturated heterocycles. The minimum absolute atomic E-state index is 0.0706. The van der Waals surface area contributed by atoms with E-state index in [1.165, 1.54) is 12.1 Å². The molecule has 1 aromatic heterocycles. The van der Waals surface area contributed by atoms with E-state index in [0.29, 0.717) is 22.2 Å². The van der Waals surface area contributed by atoms with E-state index < -0.39 is 46.5 Å². The number of hydrogen-bond donors (Lipinski definition) is 6. The van der Waals surface area contributed by atoms with Crippen LogP contribution in [0.4, 0.5) is 37.7 Å². The van der Waals surface area contributed by atoms with Crippen molar-refractivity contribution >= 4 is 34.7 Å². The van der Waals surface area contributed by atoms with Crippen molar-refractivity contribution in [2.24, 2.45) is 23.2 Å². The van der Waals surface area contributed by atoms with Gasteiger partial charge < -0.3 is 26.1 Å². The van der Waals surface area contributed by atoms with Crippen LogP contribution in [0.5, 0.6) is 0 Å². The van der Waals surface area contributed by atoms with Crippen molar-refractivity contribution in [3.8, 4) is 0 Å². The Bertz CT molecular complexity index is 1430. The standard InChI is InChI=1S/C24H20F6N6O5/c25-23(26,27)15-7-11(1-3-13(15)21(37)38)35(33)9-17(31)19-5-6-20(41-19)18(32)10-36(34)12-2-4-14(22(39)40)16(8-12)24(28,29)30/h1-10H,31-34H2,(H,37,38)(H,39,40)/b17-9-,18-10-. The number of alkyl halides is 6. The highest BCUT2D eigenvalue weighted by Gasteiger charge is 2.37. The molecular formula is C24H20F6N6O5. The van der Waals surface area contributed by atoms with Gasteiger partial charge in [-0.2, -0.15) is 26.3 Å². The number of hydrogen-bond acceptors (Lipinski definition) is 9. The van der Waals surface area contributed by atoms with Crippen molar-refractivity contribution in [2.75, 3.05) is 10.0 Å². The first-order valence-corrected chi connectivity index (χ1v) is 10.9. The minimum Gasteiger partial charge on any atom is -0.478 e. The van der Waals surface area contributed by atoms with Crippen LogP contribution in [0.1, 0.15) is 43.4 Å². The summed E-state index contributed by atoms with van der Waals surface area (Å²) in [6.07, 6.45) is -8.00. The van der Waals surface area contributed by atoms with Gasteiger partial charge in [-0.3, -0.25) is 10.0 Å². The van der Waals surface area contributed by atoms with Gasteiger partial charge in [0.05, 0.1) is 45.0 Å². The molecule has 41 heavy (non-hydrogen) atoms. The number of aromatic carboxylic acids is 2. The molecule has 0 radical (unpaired) electrons. The summed E-state index contributed by atoms with van der Waals surface area (Å²) in [5, 5.41) is 19.4. The van der Waals surface area contributed by atoms with Gasteiger partial charge in [-0.25, -0.2) is 21.3 Å². The van der Waals surface area contributed by atoms with Crippen molar-refractivity contribution < 1.29 is 50.6 Å². The SMILES string of the molecule is N/C(=C\N(N)c1ccc(C(=O)O)c(C(F)(F)F)c1)c1ccc(/C(N)=C/N(N)c2ccc(C(=O)O)c(C(F)(F)F)c2)o1. The van der Waals surface area contributed by atoms with Gasteiger partial charge in [-0.15, -0.1) is 0 Å². The molecule has 0 saturated carbocycles. The lowest BCUT2D eigenvalue weighted by Gasteiger charge is -2.18. The van der Waals surface area contributed by atoms with E-state index >= 15 is 0 Å². The zero-order valence-electron chi connectivity index (χ0n) is 20.4. The third-order valence-electron chi connectivity index (χ3n) is 5.41. The number of rotatable bonds is 8. The van der Waals surface area contributed by atoms with Crippen LogP contribution >= 0.6 is 0 Å². The van der Waals surface area contributed by atoms with Crippen LogP contribution in [0.3, 0.4) is 0 Å². The molecule has 0 aliphatic rings. The summed E-state index contributed by atoms with van der Waals surface area (Å²) in [6, 6.07) is 7.15. The van der Waals surface area contributed by atoms with Crippen molar-refractivity contribution in [1.82, 2.24) is 0 Å². The summed E-state index contributed by atoms with van der Waals surface area (Å²) in [6.45, 7) is 0. The molecule has 3 aromatic rings. The Labute approximate surface area is 226 Å². The van der Waals surface area contributed by atoms with E-state index in [1.54, 1.807) is 0 Å². The number of furan rings is 1. The number of carbonyl (C=O) groups is 2. The van der Waals surface area contributed by atoms with E-state index in [9.17, 15) is 35.9 Å². The number of carboxylic acid groups (broad SMARTS) is 2. The van der Waals surface area contributed by atoms with Crippen molar-refractivity contribution in [1.29, 1.82) is 0 Å². The maximum absolute atomic E-state index is 13.3. The van der Waals surface area contributed by atoms with E-state index in [1.807, 2.05) is 0 Å². The van der Waals surface area contributed by atoms with Crippen LogP contribution in [-0.2, 0) is 12.4 Å². The van der Waals surface area contributed by atoms with Crippen LogP contribution in [0.25, 0.3) is 11.4 Å². The largest absolute Gasteiger partial charge is 0.478 e. The molecule has 1 heterocycles. The average molecular weight is 586 g/mol. The number of nitrogens with zero attached hydrogens (tertiary/aromatic N) is 2. The number of hydrazine groups is 2. The number of halogens is 6. The minimum atomic E-state index is -4.98. The lowest BCUT2D eigenvalue weighted by atomic mass is 10.1. The smallest absolute Gasteiger partial charge is 0.417 e. The first-order chi connectivity index (χ1) is 18.9. The van der Waals surface area contributed by atoms with Gasteiger partial charge in [-0.1, -0.05) is 0 Å². The van der Waals surface area contributed by atoms with E-state index in [-0.39, 0.29) is 34.3 Å². The van der Waals surface area contributed by atoms with Crippen LogP contribution < -0.4 is 33.2 Å². The number of nitrogens with two attached hydrogens (primary N) is 4. The first kappa shape index (κ1) is 30.4. The molecule has 0 amide bonds. The molecule has 0 spiro atoms. The molecular weight excluding hydrogens is 566 g/mol. The number of benzene rings is 2. The maximum atomic E-state index is 13.3. The Morgan fingerprint density at radius 2 is 1.02 bits per heavy atom. The highest BCUT2D eigenvalue weighted by atomic mass is 19.4. The fourth-order valence-corrected chi connectivity index (χ4v) is 3.45. The molecule has 10 N–H and O–H groups in total. The summed E-state index contributed by atoms with van der Waals surface area (Å²) in [7, 11) is 0. The van der Waals surface area contributed by atoms with Crippen LogP contribution in [0, 0.1) is 0 Å². The number of anilines is 2. The van der Waals surface area contributed by atoms with Gasteiger partial charge in [-0.05, 0) is 48.5 Å². The Morgan fingerprint density at radius 3 is 1.32 bits per heavy atom. The van der Waals surface area contributed by atoms with E-state index in [0.717, 1.165) is 36.7 Å². The summed E-state index contributed by atoms with van der Waals surface area (Å²) in [4.78, 5) is 22.3. The average Bonchev–Trinajstić information content (AvgIpc) is 3.37. The van der Waals surface area contributed by atoms with Crippen LogP contribution in [0.15, 0.2) is 65.3 Å². The molecule has 11 nitrogen and oxygen atoms in total.